The number of para-hydroxylation sites is 1. The standard InChI is InChI=1S/C42H59N9O8/c43-35(52)31(14-7-8-16-47-41(58)59-30-12-5-2-6-13-30)48-38(55)34(25-42-22-27-18-28(23-42)20-29(19-27)24-42)50-36(53)32(15-9-17-46-39(44)45)49-37(54)33(51-40(56)57)21-26-10-3-1-4-11-26/h1-6,10-13,27-29,31-34,51H,7-9,14-25H2,(H2,43,52)(H,47,58)(H,48,55)(H,49,54)(H,50,53)(H,56,57)(H4,44,45,46). The molecule has 4 saturated carbocycles. The smallest absolute Gasteiger partial charge is 0.412 e. The second kappa shape index (κ2) is 21.2. The van der Waals surface area contributed by atoms with E-state index >= 15 is 0 Å². The fourth-order valence-electron chi connectivity index (χ4n) is 9.56. The van der Waals surface area contributed by atoms with Crippen molar-refractivity contribution < 1.29 is 38.6 Å². The van der Waals surface area contributed by atoms with Gasteiger partial charge in [-0.25, -0.2) is 9.59 Å². The number of amides is 6. The quantitative estimate of drug-likeness (QED) is 0.0475. The van der Waals surface area contributed by atoms with E-state index in [2.05, 4.69) is 31.6 Å². The van der Waals surface area contributed by atoms with Crippen molar-refractivity contribution in [2.75, 3.05) is 13.1 Å². The number of aliphatic imine (C=N–C) groups is 1. The van der Waals surface area contributed by atoms with E-state index in [1.807, 2.05) is 0 Å². The van der Waals surface area contributed by atoms with Crippen molar-refractivity contribution in [3.05, 3.63) is 66.2 Å². The van der Waals surface area contributed by atoms with Gasteiger partial charge in [0.25, 0.3) is 0 Å². The first-order valence-corrected chi connectivity index (χ1v) is 20.6. The third-order valence-electron chi connectivity index (χ3n) is 11.7. The topological polar surface area (TPSA) is 282 Å². The van der Waals surface area contributed by atoms with Gasteiger partial charge in [-0.1, -0.05) is 48.5 Å². The highest BCUT2D eigenvalue weighted by molar-refractivity contribution is 5.95. The molecule has 4 aliphatic rings. The monoisotopic (exact) mass is 817 g/mol. The maximum Gasteiger partial charge on any atom is 0.412 e. The molecule has 6 amide bonds. The Morgan fingerprint density at radius 1 is 0.695 bits per heavy atom. The van der Waals surface area contributed by atoms with Gasteiger partial charge in [0, 0.05) is 19.5 Å². The molecule has 4 aliphatic carbocycles. The molecule has 6 rings (SSSR count). The predicted octanol–water partition coefficient (Wildman–Crippen LogP) is 2.42. The Hall–Kier alpha value is -5.87. The molecule has 4 bridgehead atoms. The summed E-state index contributed by atoms with van der Waals surface area (Å²) in [6, 6.07) is 12.9. The summed E-state index contributed by atoms with van der Waals surface area (Å²) in [5.41, 5.74) is 17.3. The maximum absolute atomic E-state index is 14.3. The highest BCUT2D eigenvalue weighted by Crippen LogP contribution is 2.61. The van der Waals surface area contributed by atoms with Crippen LogP contribution in [0.4, 0.5) is 9.59 Å². The molecule has 0 heterocycles. The zero-order valence-electron chi connectivity index (χ0n) is 33.4. The number of carbonyl (C=O) groups excluding carboxylic acids is 5. The number of benzene rings is 2. The van der Waals surface area contributed by atoms with Crippen LogP contribution in [0.25, 0.3) is 0 Å². The van der Waals surface area contributed by atoms with Gasteiger partial charge in [0.05, 0.1) is 0 Å². The summed E-state index contributed by atoms with van der Waals surface area (Å²) in [6.07, 6.45) is 6.14. The van der Waals surface area contributed by atoms with Crippen LogP contribution in [0.5, 0.6) is 5.75 Å². The largest absolute Gasteiger partial charge is 0.465 e. The highest BCUT2D eigenvalue weighted by Gasteiger charge is 2.52. The number of hydrogen-bond acceptors (Lipinski definition) is 8. The summed E-state index contributed by atoms with van der Waals surface area (Å²) in [7, 11) is 0. The summed E-state index contributed by atoms with van der Waals surface area (Å²) in [4.78, 5) is 82.8. The van der Waals surface area contributed by atoms with Crippen molar-refractivity contribution in [1.29, 1.82) is 0 Å². The Balaban J connectivity index is 1.28. The van der Waals surface area contributed by atoms with Crippen LogP contribution < -0.4 is 48.5 Å². The van der Waals surface area contributed by atoms with Gasteiger partial charge in [-0.05, 0) is 118 Å². The molecule has 17 nitrogen and oxygen atoms in total. The number of rotatable bonds is 22. The number of unbranched alkanes of at least 4 members (excludes halogenated alkanes) is 1. The van der Waals surface area contributed by atoms with Gasteiger partial charge < -0.3 is 53.6 Å². The first-order valence-electron chi connectivity index (χ1n) is 20.6. The third-order valence-corrected chi connectivity index (χ3v) is 11.7. The van der Waals surface area contributed by atoms with E-state index in [1.54, 1.807) is 60.7 Å². The van der Waals surface area contributed by atoms with Crippen LogP contribution in [0.1, 0.15) is 82.6 Å². The van der Waals surface area contributed by atoms with Crippen LogP contribution in [0, 0.1) is 23.2 Å². The van der Waals surface area contributed by atoms with Gasteiger partial charge in [-0.2, -0.15) is 0 Å². The fourth-order valence-corrected chi connectivity index (χ4v) is 9.56. The lowest BCUT2D eigenvalue weighted by Crippen LogP contribution is -2.60. The van der Waals surface area contributed by atoms with Crippen LogP contribution >= 0.6 is 0 Å². The van der Waals surface area contributed by atoms with Crippen LogP contribution in [0.3, 0.4) is 0 Å². The van der Waals surface area contributed by atoms with Crippen molar-refractivity contribution >= 4 is 41.8 Å². The first-order chi connectivity index (χ1) is 28.3. The van der Waals surface area contributed by atoms with Crippen LogP contribution in [-0.2, 0) is 25.6 Å². The predicted molar refractivity (Wildman–Crippen MR) is 220 cm³/mol. The third kappa shape index (κ3) is 13.9. The van der Waals surface area contributed by atoms with Crippen molar-refractivity contribution in [1.82, 2.24) is 26.6 Å². The average molecular weight is 818 g/mol. The summed E-state index contributed by atoms with van der Waals surface area (Å²) < 4.78 is 5.23. The SMILES string of the molecule is NC(=O)C(CCCCNC(=O)Oc1ccccc1)NC(=O)C(CC12CC3CC(CC(C3)C1)C2)NC(=O)C(CCCN=C(N)N)NC(=O)C(Cc1ccccc1)NC(=O)O. The van der Waals surface area contributed by atoms with Crippen molar-refractivity contribution in [2.24, 2.45) is 45.4 Å². The second-order valence-electron chi connectivity index (χ2n) is 16.5. The molecule has 0 aromatic heterocycles. The molecule has 0 spiro atoms. The first kappa shape index (κ1) is 44.2. The van der Waals surface area contributed by atoms with Crippen molar-refractivity contribution in [3.63, 3.8) is 0 Å². The summed E-state index contributed by atoms with van der Waals surface area (Å²) in [5.74, 6) is -0.740. The maximum atomic E-state index is 14.3. The summed E-state index contributed by atoms with van der Waals surface area (Å²) in [5, 5.41) is 22.9. The average Bonchev–Trinajstić information content (AvgIpc) is 3.17. The minimum absolute atomic E-state index is 0.0285. The molecule has 0 aliphatic heterocycles. The van der Waals surface area contributed by atoms with Crippen molar-refractivity contribution in [2.45, 2.75) is 108 Å². The molecule has 4 unspecified atom stereocenters. The van der Waals surface area contributed by atoms with Gasteiger partial charge in [0.15, 0.2) is 5.96 Å². The van der Waals surface area contributed by atoms with Crippen molar-refractivity contribution in [3.8, 4) is 5.75 Å². The van der Waals surface area contributed by atoms with E-state index < -0.39 is 60.0 Å². The van der Waals surface area contributed by atoms with Gasteiger partial charge in [0.2, 0.25) is 23.6 Å². The molecular weight excluding hydrogens is 759 g/mol. The van der Waals surface area contributed by atoms with E-state index in [0.29, 0.717) is 48.3 Å². The molecule has 0 saturated heterocycles. The normalized spacial score (nSPS) is 22.1. The highest BCUT2D eigenvalue weighted by atomic mass is 16.6. The summed E-state index contributed by atoms with van der Waals surface area (Å²) >= 11 is 0. The minimum Gasteiger partial charge on any atom is -0.465 e. The van der Waals surface area contributed by atoms with E-state index in [4.69, 9.17) is 21.9 Å². The minimum atomic E-state index is -1.41. The van der Waals surface area contributed by atoms with Gasteiger partial charge in [-0.15, -0.1) is 0 Å². The number of nitrogens with zero attached hydrogens (tertiary/aromatic N) is 1. The zero-order valence-corrected chi connectivity index (χ0v) is 33.4. The van der Waals surface area contributed by atoms with Crippen LogP contribution in [0.15, 0.2) is 65.7 Å². The van der Waals surface area contributed by atoms with E-state index in [0.717, 1.165) is 19.3 Å². The summed E-state index contributed by atoms with van der Waals surface area (Å²) in [6.45, 7) is 0.421. The van der Waals surface area contributed by atoms with E-state index in [1.165, 1.54) is 19.3 Å². The number of nitrogens with two attached hydrogens (primary N) is 3. The Labute approximate surface area is 344 Å². The molecule has 2 aromatic carbocycles. The molecule has 12 N–H and O–H groups in total. The molecule has 17 heteroatoms. The van der Waals surface area contributed by atoms with E-state index in [9.17, 15) is 33.9 Å². The Bertz CT molecular complexity index is 1750. The fraction of sp³-hybridized carbons (Fsp3) is 0.548. The Kier molecular flexibility index (Phi) is 15.9. The Morgan fingerprint density at radius 2 is 1.24 bits per heavy atom. The number of ether oxygens (including phenoxy) is 1. The number of carbonyl (C=O) groups is 6. The number of nitrogens with one attached hydrogen (secondary N) is 5. The molecule has 320 valence electrons. The van der Waals surface area contributed by atoms with E-state index in [-0.39, 0.29) is 50.1 Å². The Morgan fingerprint density at radius 3 is 1.83 bits per heavy atom. The number of carboxylic acid groups (broad SMARTS) is 1. The van der Waals surface area contributed by atoms with Gasteiger partial charge in [0.1, 0.15) is 29.9 Å². The van der Waals surface area contributed by atoms with Gasteiger partial charge in [-0.3, -0.25) is 24.2 Å². The number of guanidine groups is 1. The molecule has 2 aromatic rings. The molecular formula is C42H59N9O8. The molecule has 4 fully saturated rings. The molecule has 4 atom stereocenters. The lowest BCUT2D eigenvalue weighted by atomic mass is 9.48. The zero-order chi connectivity index (χ0) is 42.4. The lowest BCUT2D eigenvalue weighted by Gasteiger charge is -2.57. The van der Waals surface area contributed by atoms with Gasteiger partial charge >= 0.3 is 12.2 Å². The molecule has 0 radical (unpaired) electrons. The lowest BCUT2D eigenvalue weighted by molar-refractivity contribution is -0.136. The van der Waals surface area contributed by atoms with Crippen LogP contribution in [-0.4, -0.2) is 84.1 Å². The second-order valence-corrected chi connectivity index (χ2v) is 16.5. The number of primary amides is 1. The number of hydrogen-bond donors (Lipinski definition) is 9. The van der Waals surface area contributed by atoms with Crippen LogP contribution in [0.2, 0.25) is 0 Å². The molecule has 59 heavy (non-hydrogen) atoms.